The molecule has 8 heteroatoms. The standard InChI is InChI=1S/C19H27N3O5/c1-12(2)7-15-8-14(9-16(23)20-15)18(25)21(3)11-17(24)22-6-4-5-13(10-22)19(26)27/h8-9,12-13H,4-7,10-11H2,1-3H3,(H,20,23)(H,26,27). The minimum absolute atomic E-state index is 0.155. The van der Waals surface area contributed by atoms with Crippen molar-refractivity contribution in [1.82, 2.24) is 14.8 Å². The van der Waals surface area contributed by atoms with Crippen molar-refractivity contribution in [1.29, 1.82) is 0 Å². The number of amides is 2. The second kappa shape index (κ2) is 8.83. The zero-order valence-corrected chi connectivity index (χ0v) is 16.0. The van der Waals surface area contributed by atoms with Gasteiger partial charge in [-0.2, -0.15) is 0 Å². The maximum atomic E-state index is 12.6. The molecule has 2 N–H and O–H groups in total. The summed E-state index contributed by atoms with van der Waals surface area (Å²) in [5, 5.41) is 9.14. The van der Waals surface area contributed by atoms with E-state index in [1.807, 2.05) is 13.8 Å². The number of nitrogens with zero attached hydrogens (tertiary/aromatic N) is 2. The molecule has 0 aliphatic carbocycles. The smallest absolute Gasteiger partial charge is 0.308 e. The van der Waals surface area contributed by atoms with E-state index >= 15 is 0 Å². The van der Waals surface area contributed by atoms with E-state index in [2.05, 4.69) is 4.98 Å². The molecule has 0 radical (unpaired) electrons. The lowest BCUT2D eigenvalue weighted by Crippen LogP contribution is -2.47. The van der Waals surface area contributed by atoms with Crippen LogP contribution < -0.4 is 5.56 Å². The number of H-pyrrole nitrogens is 1. The minimum Gasteiger partial charge on any atom is -0.481 e. The summed E-state index contributed by atoms with van der Waals surface area (Å²) in [5.41, 5.74) is 0.573. The van der Waals surface area contributed by atoms with Crippen molar-refractivity contribution in [3.63, 3.8) is 0 Å². The first-order valence-corrected chi connectivity index (χ1v) is 9.16. The molecule has 0 bridgehead atoms. The third kappa shape index (κ3) is 5.67. The molecule has 1 aliphatic heterocycles. The summed E-state index contributed by atoms with van der Waals surface area (Å²) in [7, 11) is 1.50. The van der Waals surface area contributed by atoms with Crippen LogP contribution in [0.25, 0.3) is 0 Å². The summed E-state index contributed by atoms with van der Waals surface area (Å²) in [6.07, 6.45) is 1.83. The number of aromatic amines is 1. The highest BCUT2D eigenvalue weighted by Gasteiger charge is 2.29. The predicted molar refractivity (Wildman–Crippen MR) is 99.5 cm³/mol. The lowest BCUT2D eigenvalue weighted by Gasteiger charge is -2.32. The Bertz CT molecular complexity index is 771. The molecule has 0 aromatic carbocycles. The molecule has 1 aromatic heterocycles. The fourth-order valence-corrected chi connectivity index (χ4v) is 3.27. The third-order valence-corrected chi connectivity index (χ3v) is 4.62. The van der Waals surface area contributed by atoms with E-state index in [1.54, 1.807) is 6.07 Å². The molecule has 27 heavy (non-hydrogen) atoms. The van der Waals surface area contributed by atoms with Crippen LogP contribution >= 0.6 is 0 Å². The lowest BCUT2D eigenvalue weighted by atomic mass is 9.98. The van der Waals surface area contributed by atoms with E-state index in [1.165, 1.54) is 22.9 Å². The Morgan fingerprint density at radius 3 is 2.67 bits per heavy atom. The number of nitrogens with one attached hydrogen (secondary N) is 1. The molecule has 2 heterocycles. The number of aliphatic carboxylic acids is 1. The molecule has 1 unspecified atom stereocenters. The number of carboxylic acids is 1. The fourth-order valence-electron chi connectivity index (χ4n) is 3.27. The van der Waals surface area contributed by atoms with Gasteiger partial charge in [0.1, 0.15) is 0 Å². The van der Waals surface area contributed by atoms with Crippen LogP contribution in [0.15, 0.2) is 16.9 Å². The van der Waals surface area contributed by atoms with Gasteiger partial charge in [-0.3, -0.25) is 19.2 Å². The Kier molecular flexibility index (Phi) is 6.76. The monoisotopic (exact) mass is 377 g/mol. The van der Waals surface area contributed by atoms with Crippen LogP contribution in [-0.2, 0) is 16.0 Å². The van der Waals surface area contributed by atoms with Crippen molar-refractivity contribution < 1.29 is 19.5 Å². The first-order chi connectivity index (χ1) is 12.7. The zero-order chi connectivity index (χ0) is 20.1. The molecule has 1 aliphatic rings. The lowest BCUT2D eigenvalue weighted by molar-refractivity contribution is -0.145. The molecule has 148 valence electrons. The molecule has 1 fully saturated rings. The second-order valence-corrected chi connectivity index (χ2v) is 7.53. The van der Waals surface area contributed by atoms with Crippen LogP contribution in [0.3, 0.4) is 0 Å². The number of pyridine rings is 1. The maximum Gasteiger partial charge on any atom is 0.308 e. The summed E-state index contributed by atoms with van der Waals surface area (Å²) in [5.74, 6) is -1.84. The van der Waals surface area contributed by atoms with Crippen LogP contribution in [0.1, 0.15) is 42.7 Å². The van der Waals surface area contributed by atoms with E-state index in [4.69, 9.17) is 5.11 Å². The normalized spacial score (nSPS) is 17.0. The third-order valence-electron chi connectivity index (χ3n) is 4.62. The van der Waals surface area contributed by atoms with Crippen LogP contribution in [0.4, 0.5) is 0 Å². The van der Waals surface area contributed by atoms with Crippen molar-refractivity contribution in [2.24, 2.45) is 11.8 Å². The number of aromatic nitrogens is 1. The number of likely N-dealkylation sites (tertiary alicyclic amines) is 1. The Labute approximate surface area is 158 Å². The Morgan fingerprint density at radius 1 is 1.33 bits per heavy atom. The average Bonchev–Trinajstić information content (AvgIpc) is 2.59. The van der Waals surface area contributed by atoms with Gasteiger partial charge >= 0.3 is 5.97 Å². The van der Waals surface area contributed by atoms with Crippen LogP contribution in [0.2, 0.25) is 0 Å². The Morgan fingerprint density at radius 2 is 2.04 bits per heavy atom. The molecule has 1 aromatic rings. The molecule has 1 atom stereocenters. The zero-order valence-electron chi connectivity index (χ0n) is 16.0. The first-order valence-electron chi connectivity index (χ1n) is 9.16. The van der Waals surface area contributed by atoms with E-state index in [9.17, 15) is 19.2 Å². The van der Waals surface area contributed by atoms with E-state index in [0.717, 1.165) is 0 Å². The highest BCUT2D eigenvalue weighted by Crippen LogP contribution is 2.17. The molecule has 1 saturated heterocycles. The fraction of sp³-hybridized carbons (Fsp3) is 0.579. The molecule has 0 saturated carbocycles. The second-order valence-electron chi connectivity index (χ2n) is 7.53. The van der Waals surface area contributed by atoms with Gasteiger partial charge in [-0.05, 0) is 31.2 Å². The number of likely N-dealkylation sites (N-methyl/N-ethyl adjacent to an activating group) is 1. The molecular formula is C19H27N3O5. The van der Waals surface area contributed by atoms with E-state index in [0.29, 0.717) is 37.4 Å². The Hall–Kier alpha value is -2.64. The van der Waals surface area contributed by atoms with Gasteiger partial charge < -0.3 is 19.9 Å². The maximum absolute atomic E-state index is 12.6. The molecule has 2 amide bonds. The quantitative estimate of drug-likeness (QED) is 0.767. The number of carboxylic acid groups (broad SMARTS) is 1. The van der Waals surface area contributed by atoms with Gasteiger partial charge in [-0.15, -0.1) is 0 Å². The number of rotatable bonds is 6. The van der Waals surface area contributed by atoms with Crippen molar-refractivity contribution in [3.8, 4) is 0 Å². The van der Waals surface area contributed by atoms with Gasteiger partial charge in [0.2, 0.25) is 11.5 Å². The van der Waals surface area contributed by atoms with Gasteiger partial charge in [-0.25, -0.2) is 0 Å². The summed E-state index contributed by atoms with van der Waals surface area (Å²) >= 11 is 0. The number of hydrogen-bond acceptors (Lipinski definition) is 4. The summed E-state index contributed by atoms with van der Waals surface area (Å²) in [6, 6.07) is 2.88. The van der Waals surface area contributed by atoms with Crippen LogP contribution in [-0.4, -0.2) is 64.4 Å². The number of piperidine rings is 1. The van der Waals surface area contributed by atoms with Crippen molar-refractivity contribution in [3.05, 3.63) is 33.7 Å². The number of carbonyl (C=O) groups is 3. The highest BCUT2D eigenvalue weighted by molar-refractivity contribution is 5.96. The van der Waals surface area contributed by atoms with Crippen molar-refractivity contribution in [2.45, 2.75) is 33.1 Å². The summed E-state index contributed by atoms with van der Waals surface area (Å²) < 4.78 is 0. The topological polar surface area (TPSA) is 111 Å². The summed E-state index contributed by atoms with van der Waals surface area (Å²) in [4.78, 5) is 53.6. The van der Waals surface area contributed by atoms with Gasteiger partial charge in [-0.1, -0.05) is 13.8 Å². The average molecular weight is 377 g/mol. The van der Waals surface area contributed by atoms with Crippen LogP contribution in [0, 0.1) is 11.8 Å². The van der Waals surface area contributed by atoms with Gasteiger partial charge in [0.15, 0.2) is 0 Å². The van der Waals surface area contributed by atoms with E-state index < -0.39 is 17.8 Å². The first kappa shape index (κ1) is 20.7. The van der Waals surface area contributed by atoms with Crippen molar-refractivity contribution >= 4 is 17.8 Å². The summed E-state index contributed by atoms with van der Waals surface area (Å²) in [6.45, 7) is 4.53. The van der Waals surface area contributed by atoms with E-state index in [-0.39, 0.29) is 30.1 Å². The SMILES string of the molecule is CC(C)Cc1cc(C(=O)N(C)CC(=O)N2CCCC(C(=O)O)C2)cc(=O)[nH]1. The number of hydrogen-bond donors (Lipinski definition) is 2. The van der Waals surface area contributed by atoms with Crippen molar-refractivity contribution in [2.75, 3.05) is 26.7 Å². The number of carbonyl (C=O) groups excluding carboxylic acids is 2. The minimum atomic E-state index is -0.905. The highest BCUT2D eigenvalue weighted by atomic mass is 16.4. The molecule has 0 spiro atoms. The Balaban J connectivity index is 2.05. The molecular weight excluding hydrogens is 350 g/mol. The van der Waals surface area contributed by atoms with Gasteiger partial charge in [0.05, 0.1) is 12.5 Å². The van der Waals surface area contributed by atoms with Crippen LogP contribution in [0.5, 0.6) is 0 Å². The van der Waals surface area contributed by atoms with Gasteiger partial charge in [0.25, 0.3) is 5.91 Å². The molecule has 8 nitrogen and oxygen atoms in total. The molecule has 2 rings (SSSR count). The van der Waals surface area contributed by atoms with Gasteiger partial charge in [0, 0.05) is 37.5 Å². The predicted octanol–water partition coefficient (Wildman–Crippen LogP) is 0.969. The largest absolute Gasteiger partial charge is 0.481 e.